The molecule has 1 heterocycles. The molecule has 1 N–H and O–H groups in total. The molecule has 27 heavy (non-hydrogen) atoms. The van der Waals surface area contributed by atoms with Gasteiger partial charge in [-0.1, -0.05) is 60.3 Å². The standard InChI is InChI=1S/C20H19NO4S.Na.H/c22-18(12-13-26-20(25)15-7-2-1-3-8-15)21-16-9-5-4-6-14(16)10-11-17(21)19(23)24;;/h1-9,17H,10-13H2,(H,23,24);;/t17-;;/m0../s1. The van der Waals surface area contributed by atoms with E-state index in [1.54, 1.807) is 36.4 Å². The SMILES string of the molecule is O=C(SCCC(=O)N1c2ccccc2CC[C@H]1C(=O)O)c1ccccc1.[NaH]. The van der Waals surface area contributed by atoms with Gasteiger partial charge in [-0.3, -0.25) is 14.5 Å². The van der Waals surface area contributed by atoms with Gasteiger partial charge in [-0.15, -0.1) is 0 Å². The maximum atomic E-state index is 12.7. The first kappa shape index (κ1) is 21.7. The molecule has 0 aliphatic carbocycles. The van der Waals surface area contributed by atoms with Crippen molar-refractivity contribution in [1.82, 2.24) is 0 Å². The number of anilines is 1. The van der Waals surface area contributed by atoms with Crippen molar-refractivity contribution in [3.63, 3.8) is 0 Å². The number of aliphatic carboxylic acids is 1. The Morgan fingerprint density at radius 2 is 1.70 bits per heavy atom. The van der Waals surface area contributed by atoms with Crippen molar-refractivity contribution in [3.8, 4) is 0 Å². The molecule has 5 nitrogen and oxygen atoms in total. The molecule has 0 saturated carbocycles. The average Bonchev–Trinajstić information content (AvgIpc) is 2.67. The third-order valence-corrected chi connectivity index (χ3v) is 5.27. The predicted molar refractivity (Wildman–Crippen MR) is 109 cm³/mol. The molecule has 0 aromatic heterocycles. The Kier molecular flexibility index (Phi) is 8.10. The van der Waals surface area contributed by atoms with E-state index in [9.17, 15) is 19.5 Å². The molecule has 2 aromatic rings. The van der Waals surface area contributed by atoms with E-state index in [1.807, 2.05) is 18.2 Å². The Bertz CT molecular complexity index is 828. The van der Waals surface area contributed by atoms with E-state index >= 15 is 0 Å². The van der Waals surface area contributed by atoms with Crippen LogP contribution in [0.4, 0.5) is 5.69 Å². The Labute approximate surface area is 184 Å². The number of carbonyl (C=O) groups excluding carboxylic acids is 2. The van der Waals surface area contributed by atoms with Gasteiger partial charge >= 0.3 is 35.5 Å². The van der Waals surface area contributed by atoms with E-state index in [0.717, 1.165) is 17.3 Å². The topological polar surface area (TPSA) is 74.7 Å². The number of hydrogen-bond acceptors (Lipinski definition) is 4. The van der Waals surface area contributed by atoms with Gasteiger partial charge in [-0.25, -0.2) is 4.79 Å². The summed E-state index contributed by atoms with van der Waals surface area (Å²) in [5, 5.41) is 9.40. The molecule has 1 atom stereocenters. The van der Waals surface area contributed by atoms with Crippen molar-refractivity contribution in [2.24, 2.45) is 0 Å². The first-order valence-electron chi connectivity index (χ1n) is 8.43. The van der Waals surface area contributed by atoms with Crippen LogP contribution < -0.4 is 4.90 Å². The van der Waals surface area contributed by atoms with Crippen LogP contribution in [0.1, 0.15) is 28.8 Å². The van der Waals surface area contributed by atoms with Crippen LogP contribution in [0.5, 0.6) is 0 Å². The second-order valence-corrected chi connectivity index (χ2v) is 7.10. The number of carboxylic acids is 1. The van der Waals surface area contributed by atoms with Gasteiger partial charge in [0.15, 0.2) is 0 Å². The molecule has 1 amide bonds. The fraction of sp³-hybridized carbons (Fsp3) is 0.250. The summed E-state index contributed by atoms with van der Waals surface area (Å²) in [4.78, 5) is 37.8. The van der Waals surface area contributed by atoms with Gasteiger partial charge in [-0.2, -0.15) is 0 Å². The van der Waals surface area contributed by atoms with E-state index in [4.69, 9.17) is 0 Å². The first-order valence-corrected chi connectivity index (χ1v) is 9.41. The first-order chi connectivity index (χ1) is 12.6. The minimum atomic E-state index is -0.999. The minimum absolute atomic E-state index is 0. The number of thioether (sulfide) groups is 1. The van der Waals surface area contributed by atoms with Crippen molar-refractivity contribution in [3.05, 3.63) is 65.7 Å². The number of amides is 1. The molecule has 0 fully saturated rings. The van der Waals surface area contributed by atoms with Crippen molar-refractivity contribution >= 4 is 64.0 Å². The average molecular weight is 393 g/mol. The molecule has 0 spiro atoms. The number of rotatable bonds is 5. The van der Waals surface area contributed by atoms with E-state index in [1.165, 1.54) is 4.90 Å². The molecule has 0 unspecified atom stereocenters. The number of fused-ring (bicyclic) bond motifs is 1. The number of aryl methyl sites for hydroxylation is 1. The van der Waals surface area contributed by atoms with Crippen LogP contribution in [-0.4, -0.2) is 63.5 Å². The molecule has 1 aliphatic heterocycles. The Hall–Kier alpha value is -1.60. The van der Waals surface area contributed by atoms with Gasteiger partial charge in [0, 0.05) is 23.4 Å². The van der Waals surface area contributed by atoms with Crippen molar-refractivity contribution in [2.75, 3.05) is 10.7 Å². The van der Waals surface area contributed by atoms with Crippen LogP contribution >= 0.6 is 11.8 Å². The fourth-order valence-corrected chi connectivity index (χ4v) is 3.86. The number of carbonyl (C=O) groups is 3. The van der Waals surface area contributed by atoms with Gasteiger partial charge in [-0.05, 0) is 24.5 Å². The zero-order chi connectivity index (χ0) is 18.5. The summed E-state index contributed by atoms with van der Waals surface area (Å²) >= 11 is 1.08. The maximum absolute atomic E-state index is 12.7. The molecule has 2 aromatic carbocycles. The zero-order valence-corrected chi connectivity index (χ0v) is 14.9. The molecular weight excluding hydrogens is 373 g/mol. The summed E-state index contributed by atoms with van der Waals surface area (Å²) in [6.45, 7) is 0. The molecule has 0 saturated heterocycles. The van der Waals surface area contributed by atoms with Crippen LogP contribution in [-0.2, 0) is 16.0 Å². The summed E-state index contributed by atoms with van der Waals surface area (Å²) in [5.74, 6) is -0.948. The molecule has 0 radical (unpaired) electrons. The van der Waals surface area contributed by atoms with Crippen LogP contribution in [0.15, 0.2) is 54.6 Å². The molecule has 0 bridgehead atoms. The second-order valence-electron chi connectivity index (χ2n) is 6.04. The van der Waals surface area contributed by atoms with E-state index in [0.29, 0.717) is 29.8 Å². The molecule has 1 aliphatic rings. The third kappa shape index (κ3) is 5.23. The van der Waals surface area contributed by atoms with Gasteiger partial charge in [0.25, 0.3) is 0 Å². The van der Waals surface area contributed by atoms with Crippen LogP contribution in [0.2, 0.25) is 0 Å². The van der Waals surface area contributed by atoms with Gasteiger partial charge in [0.05, 0.1) is 0 Å². The normalized spacial score (nSPS) is 15.4. The van der Waals surface area contributed by atoms with E-state index < -0.39 is 12.0 Å². The molecule has 136 valence electrons. The van der Waals surface area contributed by atoms with Gasteiger partial charge in [0.1, 0.15) is 6.04 Å². The van der Waals surface area contributed by atoms with Crippen LogP contribution in [0.3, 0.4) is 0 Å². The van der Waals surface area contributed by atoms with Crippen LogP contribution in [0.25, 0.3) is 0 Å². The van der Waals surface area contributed by atoms with Crippen molar-refractivity contribution in [2.45, 2.75) is 25.3 Å². The molecule has 3 rings (SSSR count). The predicted octanol–water partition coefficient (Wildman–Crippen LogP) is 2.73. The number of para-hydroxylation sites is 1. The number of hydrogen-bond donors (Lipinski definition) is 1. The van der Waals surface area contributed by atoms with E-state index in [2.05, 4.69) is 0 Å². The fourth-order valence-electron chi connectivity index (χ4n) is 3.10. The number of nitrogens with zero attached hydrogens (tertiary/aromatic N) is 1. The van der Waals surface area contributed by atoms with Gasteiger partial charge in [0.2, 0.25) is 11.0 Å². The molecular formula is C20H20NNaO4S. The Morgan fingerprint density at radius 1 is 1.04 bits per heavy atom. The number of carboxylic acid groups (broad SMARTS) is 1. The Balaban J connectivity index is 0.00000261. The number of benzene rings is 2. The summed E-state index contributed by atoms with van der Waals surface area (Å²) in [5.41, 5.74) is 2.23. The van der Waals surface area contributed by atoms with Gasteiger partial charge < -0.3 is 5.11 Å². The third-order valence-electron chi connectivity index (χ3n) is 4.36. The summed E-state index contributed by atoms with van der Waals surface area (Å²) in [6, 6.07) is 15.4. The van der Waals surface area contributed by atoms with Crippen molar-refractivity contribution < 1.29 is 19.5 Å². The van der Waals surface area contributed by atoms with Crippen molar-refractivity contribution in [1.29, 1.82) is 0 Å². The summed E-state index contributed by atoms with van der Waals surface area (Å²) < 4.78 is 0. The zero-order valence-electron chi connectivity index (χ0n) is 14.1. The quantitative estimate of drug-likeness (QED) is 0.791. The summed E-state index contributed by atoms with van der Waals surface area (Å²) in [7, 11) is 0. The Morgan fingerprint density at radius 3 is 2.41 bits per heavy atom. The molecule has 7 heteroatoms. The van der Waals surface area contributed by atoms with Crippen LogP contribution in [0, 0.1) is 0 Å². The van der Waals surface area contributed by atoms with E-state index in [-0.39, 0.29) is 47.0 Å². The monoisotopic (exact) mass is 393 g/mol. The summed E-state index contributed by atoms with van der Waals surface area (Å²) in [6.07, 6.45) is 1.15. The second kappa shape index (κ2) is 10.1.